The molecule has 0 atom stereocenters. The Bertz CT molecular complexity index is 504. The maximum atomic E-state index is 12.1. The summed E-state index contributed by atoms with van der Waals surface area (Å²) >= 11 is 0. The summed E-state index contributed by atoms with van der Waals surface area (Å²) in [5, 5.41) is 0. The van der Waals surface area contributed by atoms with E-state index in [4.69, 9.17) is 0 Å². The van der Waals surface area contributed by atoms with Crippen molar-refractivity contribution in [3.05, 3.63) is 59.9 Å². The van der Waals surface area contributed by atoms with Crippen LogP contribution in [-0.2, 0) is 0 Å². The molecule has 0 aliphatic heterocycles. The zero-order chi connectivity index (χ0) is 12.3. The number of carbonyl (C=O) groups excluding carboxylic acids is 1. The number of carbonyl (C=O) groups is 1. The molecule has 0 aliphatic rings. The molecule has 1 aromatic carbocycles. The van der Waals surface area contributed by atoms with Crippen LogP contribution in [0.3, 0.4) is 0 Å². The Hall–Kier alpha value is -2.16. The van der Waals surface area contributed by atoms with Gasteiger partial charge in [-0.05, 0) is 36.4 Å². The summed E-state index contributed by atoms with van der Waals surface area (Å²) in [6, 6.07) is 12.8. The van der Waals surface area contributed by atoms with Crippen LogP contribution in [0, 0.1) is 0 Å². The van der Waals surface area contributed by atoms with Gasteiger partial charge in [0, 0.05) is 31.5 Å². The number of anilines is 1. The molecule has 2 rings (SSSR count). The summed E-state index contributed by atoms with van der Waals surface area (Å²) in [7, 11) is 3.94. The monoisotopic (exact) mass is 226 g/mol. The SMILES string of the molecule is CN(C)c1ccc(C(=O)c2ccccn2)cc1. The third kappa shape index (κ3) is 2.50. The van der Waals surface area contributed by atoms with Gasteiger partial charge in [-0.2, -0.15) is 0 Å². The minimum atomic E-state index is -0.0455. The van der Waals surface area contributed by atoms with Crippen molar-refractivity contribution >= 4 is 11.5 Å². The van der Waals surface area contributed by atoms with Crippen LogP contribution >= 0.6 is 0 Å². The lowest BCUT2D eigenvalue weighted by Crippen LogP contribution is -2.09. The lowest BCUT2D eigenvalue weighted by molar-refractivity contribution is 0.103. The van der Waals surface area contributed by atoms with Crippen molar-refractivity contribution in [2.75, 3.05) is 19.0 Å². The Morgan fingerprint density at radius 1 is 1.06 bits per heavy atom. The van der Waals surface area contributed by atoms with Crippen molar-refractivity contribution in [2.45, 2.75) is 0 Å². The zero-order valence-corrected chi connectivity index (χ0v) is 9.92. The lowest BCUT2D eigenvalue weighted by Gasteiger charge is -2.12. The van der Waals surface area contributed by atoms with E-state index < -0.39 is 0 Å². The zero-order valence-electron chi connectivity index (χ0n) is 9.92. The van der Waals surface area contributed by atoms with Crippen molar-refractivity contribution in [3.8, 4) is 0 Å². The Morgan fingerprint density at radius 3 is 2.29 bits per heavy atom. The van der Waals surface area contributed by atoms with Crippen LogP contribution in [-0.4, -0.2) is 24.9 Å². The number of benzene rings is 1. The molecule has 1 heterocycles. The fourth-order valence-electron chi connectivity index (χ4n) is 1.56. The predicted octanol–water partition coefficient (Wildman–Crippen LogP) is 2.38. The van der Waals surface area contributed by atoms with E-state index in [0.29, 0.717) is 11.3 Å². The van der Waals surface area contributed by atoms with Gasteiger partial charge < -0.3 is 4.90 Å². The summed E-state index contributed by atoms with van der Waals surface area (Å²) < 4.78 is 0. The molecule has 17 heavy (non-hydrogen) atoms. The number of nitrogens with zero attached hydrogens (tertiary/aromatic N) is 2. The fraction of sp³-hybridized carbons (Fsp3) is 0.143. The van der Waals surface area contributed by atoms with Crippen molar-refractivity contribution in [3.63, 3.8) is 0 Å². The molecule has 2 aromatic rings. The normalized spacial score (nSPS) is 10.0. The second-order valence-electron chi connectivity index (χ2n) is 3.99. The summed E-state index contributed by atoms with van der Waals surface area (Å²) in [6.45, 7) is 0. The molecule has 3 nitrogen and oxygen atoms in total. The maximum absolute atomic E-state index is 12.1. The van der Waals surface area contributed by atoms with Crippen LogP contribution in [0.1, 0.15) is 16.1 Å². The van der Waals surface area contributed by atoms with Crippen LogP contribution in [0.25, 0.3) is 0 Å². The van der Waals surface area contributed by atoms with Gasteiger partial charge in [0.05, 0.1) is 0 Å². The number of hydrogen-bond donors (Lipinski definition) is 0. The van der Waals surface area contributed by atoms with E-state index in [1.807, 2.05) is 49.3 Å². The van der Waals surface area contributed by atoms with Crippen LogP contribution in [0.15, 0.2) is 48.7 Å². The molecule has 0 saturated carbocycles. The van der Waals surface area contributed by atoms with Crippen molar-refractivity contribution in [1.82, 2.24) is 4.98 Å². The Morgan fingerprint density at radius 2 is 1.76 bits per heavy atom. The van der Waals surface area contributed by atoms with Crippen molar-refractivity contribution in [2.24, 2.45) is 0 Å². The molecule has 86 valence electrons. The molecule has 0 bridgehead atoms. The standard InChI is InChI=1S/C14H14N2O/c1-16(2)12-8-6-11(7-9-12)14(17)13-5-3-4-10-15-13/h3-10H,1-2H3. The summed E-state index contributed by atoms with van der Waals surface area (Å²) in [5.74, 6) is -0.0455. The highest BCUT2D eigenvalue weighted by molar-refractivity contribution is 6.07. The number of ketones is 1. The van der Waals surface area contributed by atoms with Crippen molar-refractivity contribution < 1.29 is 4.79 Å². The largest absolute Gasteiger partial charge is 0.378 e. The fourth-order valence-corrected chi connectivity index (χ4v) is 1.56. The molecular formula is C14H14N2O. The van der Waals surface area contributed by atoms with Gasteiger partial charge in [-0.25, -0.2) is 0 Å². The average Bonchev–Trinajstić information content (AvgIpc) is 2.39. The van der Waals surface area contributed by atoms with Gasteiger partial charge in [-0.1, -0.05) is 6.07 Å². The number of aromatic nitrogens is 1. The van der Waals surface area contributed by atoms with Gasteiger partial charge in [0.2, 0.25) is 5.78 Å². The minimum Gasteiger partial charge on any atom is -0.378 e. The number of hydrogen-bond acceptors (Lipinski definition) is 3. The number of rotatable bonds is 3. The summed E-state index contributed by atoms with van der Waals surface area (Å²) in [5.41, 5.74) is 2.21. The van der Waals surface area contributed by atoms with E-state index in [2.05, 4.69) is 4.98 Å². The third-order valence-corrected chi connectivity index (χ3v) is 2.54. The summed E-state index contributed by atoms with van der Waals surface area (Å²) in [6.07, 6.45) is 1.63. The molecule has 0 N–H and O–H groups in total. The van der Waals surface area contributed by atoms with Crippen LogP contribution in [0.5, 0.6) is 0 Å². The molecule has 0 unspecified atom stereocenters. The predicted molar refractivity (Wildman–Crippen MR) is 68.4 cm³/mol. The molecule has 0 spiro atoms. The highest BCUT2D eigenvalue weighted by Crippen LogP contribution is 2.14. The first-order chi connectivity index (χ1) is 8.18. The molecule has 0 amide bonds. The van der Waals surface area contributed by atoms with Crippen LogP contribution in [0.4, 0.5) is 5.69 Å². The maximum Gasteiger partial charge on any atom is 0.211 e. The van der Waals surface area contributed by atoms with Crippen LogP contribution in [0.2, 0.25) is 0 Å². The molecule has 0 aliphatic carbocycles. The molecule has 0 radical (unpaired) electrons. The second-order valence-corrected chi connectivity index (χ2v) is 3.99. The molecule has 3 heteroatoms. The van der Waals surface area contributed by atoms with E-state index in [0.717, 1.165) is 5.69 Å². The quantitative estimate of drug-likeness (QED) is 0.753. The first kappa shape index (κ1) is 11.3. The van der Waals surface area contributed by atoms with Gasteiger partial charge in [-0.3, -0.25) is 9.78 Å². The lowest BCUT2D eigenvalue weighted by atomic mass is 10.1. The molecule has 0 fully saturated rings. The molecular weight excluding hydrogens is 212 g/mol. The second kappa shape index (κ2) is 4.78. The van der Waals surface area contributed by atoms with Gasteiger partial charge in [0.25, 0.3) is 0 Å². The smallest absolute Gasteiger partial charge is 0.211 e. The first-order valence-electron chi connectivity index (χ1n) is 5.41. The molecule has 0 saturated heterocycles. The van der Waals surface area contributed by atoms with Crippen molar-refractivity contribution in [1.29, 1.82) is 0 Å². The topological polar surface area (TPSA) is 33.2 Å². The van der Waals surface area contributed by atoms with E-state index in [-0.39, 0.29) is 5.78 Å². The Labute approximate surface area is 101 Å². The molecule has 1 aromatic heterocycles. The van der Waals surface area contributed by atoms with E-state index >= 15 is 0 Å². The van der Waals surface area contributed by atoms with E-state index in [1.165, 1.54) is 0 Å². The minimum absolute atomic E-state index is 0.0455. The van der Waals surface area contributed by atoms with Gasteiger partial charge >= 0.3 is 0 Å². The highest BCUT2D eigenvalue weighted by atomic mass is 16.1. The van der Waals surface area contributed by atoms with Gasteiger partial charge in [0.15, 0.2) is 0 Å². The highest BCUT2D eigenvalue weighted by Gasteiger charge is 2.09. The van der Waals surface area contributed by atoms with Gasteiger partial charge in [0.1, 0.15) is 5.69 Å². The Kier molecular flexibility index (Phi) is 3.19. The van der Waals surface area contributed by atoms with Gasteiger partial charge in [-0.15, -0.1) is 0 Å². The summed E-state index contributed by atoms with van der Waals surface area (Å²) in [4.78, 5) is 18.1. The average molecular weight is 226 g/mol. The van der Waals surface area contributed by atoms with E-state index in [9.17, 15) is 4.79 Å². The first-order valence-corrected chi connectivity index (χ1v) is 5.41. The van der Waals surface area contributed by atoms with E-state index in [1.54, 1.807) is 18.3 Å². The number of pyridine rings is 1. The van der Waals surface area contributed by atoms with Crippen LogP contribution < -0.4 is 4.90 Å². The third-order valence-electron chi connectivity index (χ3n) is 2.54. The Balaban J connectivity index is 2.27.